The Kier molecular flexibility index (Phi) is 5.07. The van der Waals surface area contributed by atoms with Gasteiger partial charge in [-0.3, -0.25) is 10.1 Å². The van der Waals surface area contributed by atoms with Crippen LogP contribution < -0.4 is 15.5 Å². The van der Waals surface area contributed by atoms with Crippen LogP contribution in [0, 0.1) is 5.41 Å². The van der Waals surface area contributed by atoms with E-state index in [4.69, 9.17) is 30.4 Å². The Morgan fingerprint density at radius 2 is 2.00 bits per heavy atom. The summed E-state index contributed by atoms with van der Waals surface area (Å²) < 4.78 is 5.88. The van der Waals surface area contributed by atoms with E-state index in [1.54, 1.807) is 6.20 Å². The fraction of sp³-hybridized carbons (Fsp3) is 0.500. The molecule has 0 radical (unpaired) electrons. The molecule has 0 bridgehead atoms. The van der Waals surface area contributed by atoms with Gasteiger partial charge in [0.2, 0.25) is 0 Å². The molecule has 36 heavy (non-hydrogen) atoms. The molecule has 2 fully saturated rings. The number of anilines is 2. The van der Waals surface area contributed by atoms with E-state index in [0.29, 0.717) is 6.54 Å². The van der Waals surface area contributed by atoms with Gasteiger partial charge < -0.3 is 20.3 Å². The highest BCUT2D eigenvalue weighted by molar-refractivity contribution is 6.11. The number of nitrogens with one attached hydrogen (secondary N) is 1. The molecule has 0 unspecified atom stereocenters. The van der Waals surface area contributed by atoms with Gasteiger partial charge in [0.25, 0.3) is 0 Å². The van der Waals surface area contributed by atoms with E-state index in [0.717, 1.165) is 97.7 Å². The average molecular weight is 486 g/mol. The number of hydrogen-bond acceptors (Lipinski definition) is 9. The van der Waals surface area contributed by atoms with Crippen molar-refractivity contribution in [2.24, 2.45) is 16.1 Å². The maximum absolute atomic E-state index is 6.50. The second kappa shape index (κ2) is 8.35. The van der Waals surface area contributed by atoms with Crippen LogP contribution in [0.2, 0.25) is 0 Å². The van der Waals surface area contributed by atoms with Crippen molar-refractivity contribution in [2.75, 3.05) is 36.0 Å². The lowest BCUT2D eigenvalue weighted by molar-refractivity contribution is 0.0974. The molecule has 0 saturated carbocycles. The Labute approximate surface area is 210 Å². The van der Waals surface area contributed by atoms with Crippen molar-refractivity contribution >= 4 is 17.3 Å². The van der Waals surface area contributed by atoms with E-state index in [1.807, 2.05) is 18.3 Å². The molecule has 3 aromatic rings. The summed E-state index contributed by atoms with van der Waals surface area (Å²) in [6.07, 6.45) is 7.82. The molecular weight excluding hydrogens is 454 g/mol. The van der Waals surface area contributed by atoms with Gasteiger partial charge in [-0.25, -0.2) is 15.0 Å². The highest BCUT2D eigenvalue weighted by Crippen LogP contribution is 2.42. The third-order valence-electron chi connectivity index (χ3n) is 8.42. The van der Waals surface area contributed by atoms with Crippen LogP contribution >= 0.6 is 0 Å². The van der Waals surface area contributed by atoms with E-state index in [1.165, 1.54) is 0 Å². The monoisotopic (exact) mass is 485 g/mol. The number of fused-ring (bicyclic) bond motifs is 2. The topological polar surface area (TPSA) is 121 Å². The molecule has 10 heteroatoms. The molecule has 3 aromatic heterocycles. The summed E-state index contributed by atoms with van der Waals surface area (Å²) in [6, 6.07) is 6.24. The lowest BCUT2D eigenvalue weighted by Gasteiger charge is -2.41. The molecule has 4 aliphatic heterocycles. The normalized spacial score (nSPS) is 24.7. The first-order valence-electron chi connectivity index (χ1n) is 12.9. The first kappa shape index (κ1) is 21.9. The Balaban J connectivity index is 1.10. The number of amidine groups is 1. The number of piperidine rings is 1. The highest BCUT2D eigenvalue weighted by Gasteiger charge is 2.47. The van der Waals surface area contributed by atoms with Crippen LogP contribution in [0.5, 0.6) is 0 Å². The van der Waals surface area contributed by atoms with Gasteiger partial charge in [0.05, 0.1) is 53.9 Å². The van der Waals surface area contributed by atoms with Gasteiger partial charge in [-0.15, -0.1) is 0 Å². The van der Waals surface area contributed by atoms with E-state index in [-0.39, 0.29) is 17.6 Å². The zero-order valence-electron chi connectivity index (χ0n) is 20.5. The zero-order valence-corrected chi connectivity index (χ0v) is 20.5. The Morgan fingerprint density at radius 1 is 1.11 bits per heavy atom. The number of aryl methyl sites for hydroxylation is 1. The van der Waals surface area contributed by atoms with Crippen molar-refractivity contribution in [1.82, 2.24) is 25.1 Å². The van der Waals surface area contributed by atoms with Gasteiger partial charge >= 0.3 is 0 Å². The van der Waals surface area contributed by atoms with Gasteiger partial charge in [-0.2, -0.15) is 5.10 Å². The summed E-state index contributed by atoms with van der Waals surface area (Å²) >= 11 is 0. The van der Waals surface area contributed by atoms with Crippen LogP contribution in [-0.4, -0.2) is 69.4 Å². The molecule has 4 aliphatic rings. The summed E-state index contributed by atoms with van der Waals surface area (Å²) in [7, 11) is 0. The number of hydrogen-bond donors (Lipinski definition) is 2. The van der Waals surface area contributed by atoms with E-state index >= 15 is 0 Å². The molecule has 10 nitrogen and oxygen atoms in total. The first-order chi connectivity index (χ1) is 17.6. The average Bonchev–Trinajstić information content (AvgIpc) is 3.66. The number of pyridine rings is 1. The number of nitrogens with two attached hydrogens (primary N) is 1. The largest absolute Gasteiger partial charge is 0.376 e. The van der Waals surface area contributed by atoms with Crippen LogP contribution in [0.3, 0.4) is 0 Å². The molecule has 186 valence electrons. The predicted molar refractivity (Wildman–Crippen MR) is 137 cm³/mol. The molecule has 0 aliphatic carbocycles. The zero-order chi connectivity index (χ0) is 24.3. The summed E-state index contributed by atoms with van der Waals surface area (Å²) in [5, 5.41) is 7.06. The van der Waals surface area contributed by atoms with Crippen LogP contribution in [0.1, 0.15) is 43.3 Å². The van der Waals surface area contributed by atoms with Crippen LogP contribution in [0.15, 0.2) is 35.6 Å². The molecule has 3 N–H and O–H groups in total. The maximum atomic E-state index is 6.50. The standard InChI is InChI=1S/C26H31N9O/c1-16-24(27)26(15-36-16)7-11-34(12-8-26)22-14-28-23-20(32-22)13-29-25(23)35-10-2-3-19-21(35)5-4-17(31-19)18-6-9-30-33-18/h4-6,9,14,16,24H,2-3,7-8,10-13,15,27H2,1H3,(H,30,33)/t16-,24+/m0/s1. The van der Waals surface area contributed by atoms with Crippen LogP contribution in [0.4, 0.5) is 11.5 Å². The third kappa shape index (κ3) is 3.42. The summed E-state index contributed by atoms with van der Waals surface area (Å²) in [4.78, 5) is 24.3. The molecule has 1 spiro atoms. The third-order valence-corrected chi connectivity index (χ3v) is 8.42. The molecule has 0 amide bonds. The van der Waals surface area contributed by atoms with Gasteiger partial charge in [-0.1, -0.05) is 0 Å². The van der Waals surface area contributed by atoms with Crippen molar-refractivity contribution in [3.63, 3.8) is 0 Å². The number of aromatic nitrogens is 5. The lowest BCUT2D eigenvalue weighted by atomic mass is 9.73. The summed E-state index contributed by atoms with van der Waals surface area (Å²) in [5.74, 6) is 1.84. The quantitative estimate of drug-likeness (QED) is 0.567. The SMILES string of the molecule is C[C@@H]1OCC2(CCN(c3cnc4c(n3)CN=C4N3CCCc4nc(-c5ccn[nH]5)ccc43)CC2)[C@@H]1N. The number of H-pyrrole nitrogens is 1. The minimum Gasteiger partial charge on any atom is -0.376 e. The lowest BCUT2D eigenvalue weighted by Crippen LogP contribution is -2.50. The molecule has 0 aromatic carbocycles. The molecule has 2 atom stereocenters. The van der Waals surface area contributed by atoms with E-state index in [9.17, 15) is 0 Å². The van der Waals surface area contributed by atoms with E-state index < -0.39 is 0 Å². The fourth-order valence-electron chi connectivity index (χ4n) is 6.18. The molecule has 7 rings (SSSR count). The van der Waals surface area contributed by atoms with Crippen LogP contribution in [0.25, 0.3) is 11.4 Å². The van der Waals surface area contributed by atoms with Crippen molar-refractivity contribution in [2.45, 2.75) is 51.3 Å². The predicted octanol–water partition coefficient (Wildman–Crippen LogP) is 2.31. The number of ether oxygens (including phenoxy) is 1. The molecule has 2 saturated heterocycles. The molecular formula is C26H31N9O. The summed E-state index contributed by atoms with van der Waals surface area (Å²) in [5.41, 5.74) is 12.5. The van der Waals surface area contributed by atoms with E-state index in [2.05, 4.69) is 33.0 Å². The Hall–Kier alpha value is -3.37. The minimum absolute atomic E-state index is 0.100. The van der Waals surface area contributed by atoms with Gasteiger partial charge in [0.1, 0.15) is 11.5 Å². The Bertz CT molecular complexity index is 1310. The second-order valence-corrected chi connectivity index (χ2v) is 10.4. The highest BCUT2D eigenvalue weighted by atomic mass is 16.5. The Morgan fingerprint density at radius 3 is 2.78 bits per heavy atom. The molecule has 7 heterocycles. The maximum Gasteiger partial charge on any atom is 0.156 e. The van der Waals surface area contributed by atoms with Gasteiger partial charge in [-0.05, 0) is 50.8 Å². The summed E-state index contributed by atoms with van der Waals surface area (Å²) in [6.45, 7) is 6.17. The smallest absolute Gasteiger partial charge is 0.156 e. The van der Waals surface area contributed by atoms with Crippen molar-refractivity contribution in [1.29, 1.82) is 0 Å². The number of nitrogens with zero attached hydrogens (tertiary/aromatic N) is 7. The van der Waals surface area contributed by atoms with Gasteiger partial charge in [0.15, 0.2) is 5.84 Å². The number of rotatable bonds is 2. The van der Waals surface area contributed by atoms with Crippen LogP contribution in [-0.2, 0) is 17.7 Å². The fourth-order valence-corrected chi connectivity index (χ4v) is 6.18. The van der Waals surface area contributed by atoms with Gasteiger partial charge in [0, 0.05) is 37.3 Å². The first-order valence-corrected chi connectivity index (χ1v) is 12.9. The number of aromatic amines is 1. The van der Waals surface area contributed by atoms with Crippen molar-refractivity contribution in [3.05, 3.63) is 47.7 Å². The number of aliphatic imine (C=N–C) groups is 1. The van der Waals surface area contributed by atoms with Crippen molar-refractivity contribution < 1.29 is 4.74 Å². The second-order valence-electron chi connectivity index (χ2n) is 10.4. The van der Waals surface area contributed by atoms with Crippen molar-refractivity contribution in [3.8, 4) is 11.4 Å². The minimum atomic E-state index is 0.100.